The van der Waals surface area contributed by atoms with Gasteiger partial charge in [-0.05, 0) is 37.8 Å². The van der Waals surface area contributed by atoms with E-state index in [4.69, 9.17) is 4.74 Å². The molecule has 0 fully saturated rings. The summed E-state index contributed by atoms with van der Waals surface area (Å²) >= 11 is 0. The fraction of sp³-hybridized carbons (Fsp3) is 0.500. The van der Waals surface area contributed by atoms with Crippen LogP contribution in [0.1, 0.15) is 42.0 Å². The molecule has 24 heavy (non-hydrogen) atoms. The molecule has 2 heterocycles. The zero-order valence-electron chi connectivity index (χ0n) is 14.3. The molecule has 0 saturated heterocycles. The number of aromatic nitrogens is 3. The summed E-state index contributed by atoms with van der Waals surface area (Å²) in [6.45, 7) is 5.29. The molecule has 0 radical (unpaired) electrons. The van der Waals surface area contributed by atoms with E-state index < -0.39 is 0 Å². The Bertz CT molecular complexity index is 704. The minimum atomic E-state index is -0.149. The Balaban J connectivity index is 1.54. The average molecular weight is 328 g/mol. The highest BCUT2D eigenvalue weighted by Crippen LogP contribution is 2.22. The lowest BCUT2D eigenvalue weighted by atomic mass is 10.1. The number of ether oxygens (including phenoxy) is 1. The van der Waals surface area contributed by atoms with Gasteiger partial charge in [0, 0.05) is 13.0 Å². The minimum Gasteiger partial charge on any atom is -0.483 e. The van der Waals surface area contributed by atoms with Gasteiger partial charge in [0.15, 0.2) is 12.4 Å². The summed E-state index contributed by atoms with van der Waals surface area (Å²) in [4.78, 5) is 12.1. The Morgan fingerprint density at radius 1 is 1.21 bits per heavy atom. The predicted molar refractivity (Wildman–Crippen MR) is 90.8 cm³/mol. The Morgan fingerprint density at radius 3 is 2.79 bits per heavy atom. The molecule has 3 rings (SSSR count). The third-order valence-electron chi connectivity index (χ3n) is 4.39. The third-order valence-corrected chi connectivity index (χ3v) is 4.39. The second-order valence-electron chi connectivity index (χ2n) is 6.28. The summed E-state index contributed by atoms with van der Waals surface area (Å²) in [6.07, 6.45) is 4.49. The first-order valence-corrected chi connectivity index (χ1v) is 8.52. The molecule has 2 aromatic rings. The van der Waals surface area contributed by atoms with Crippen molar-refractivity contribution in [2.45, 2.75) is 52.6 Å². The van der Waals surface area contributed by atoms with E-state index in [0.29, 0.717) is 6.54 Å². The van der Waals surface area contributed by atoms with Crippen LogP contribution in [-0.2, 0) is 24.3 Å². The van der Waals surface area contributed by atoms with E-state index in [0.717, 1.165) is 54.3 Å². The lowest BCUT2D eigenvalue weighted by Gasteiger charge is -2.12. The highest BCUT2D eigenvalue weighted by Gasteiger charge is 2.15. The van der Waals surface area contributed by atoms with Gasteiger partial charge in [0.25, 0.3) is 5.91 Å². The molecule has 1 aromatic heterocycles. The lowest BCUT2D eigenvalue weighted by Crippen LogP contribution is -2.30. The number of aryl methyl sites for hydroxylation is 3. The van der Waals surface area contributed by atoms with Crippen molar-refractivity contribution in [2.75, 3.05) is 6.61 Å². The van der Waals surface area contributed by atoms with Gasteiger partial charge in [-0.15, -0.1) is 10.2 Å². The van der Waals surface area contributed by atoms with Crippen LogP contribution in [-0.4, -0.2) is 27.3 Å². The van der Waals surface area contributed by atoms with Gasteiger partial charge in [0.1, 0.15) is 11.6 Å². The molecule has 1 amide bonds. The summed E-state index contributed by atoms with van der Waals surface area (Å²) in [5.74, 6) is 2.49. The number of carbonyl (C=O) groups is 1. The zero-order chi connectivity index (χ0) is 16.9. The number of amides is 1. The standard InChI is InChI=1S/C18H24N4O2/c1-13-7-6-8-14(2)18(13)24-12-17(23)19-11-16-21-20-15-9-4-3-5-10-22(15)16/h6-8H,3-5,9-12H2,1-2H3,(H,19,23). The number of rotatable bonds is 5. The summed E-state index contributed by atoms with van der Waals surface area (Å²) in [7, 11) is 0. The topological polar surface area (TPSA) is 69.0 Å². The van der Waals surface area contributed by atoms with Crippen LogP contribution in [0, 0.1) is 13.8 Å². The Labute approximate surface area is 142 Å². The van der Waals surface area contributed by atoms with Crippen molar-refractivity contribution in [3.8, 4) is 5.75 Å². The number of para-hydroxylation sites is 1. The summed E-state index contributed by atoms with van der Waals surface area (Å²) in [6, 6.07) is 5.94. The van der Waals surface area contributed by atoms with Crippen molar-refractivity contribution in [3.05, 3.63) is 41.0 Å². The number of hydrogen-bond donors (Lipinski definition) is 1. The van der Waals surface area contributed by atoms with E-state index in [-0.39, 0.29) is 12.5 Å². The van der Waals surface area contributed by atoms with E-state index in [1.165, 1.54) is 6.42 Å². The first kappa shape index (κ1) is 16.5. The third kappa shape index (κ3) is 3.75. The quantitative estimate of drug-likeness (QED) is 0.914. The molecular weight excluding hydrogens is 304 g/mol. The first-order chi connectivity index (χ1) is 11.6. The molecule has 128 valence electrons. The van der Waals surface area contributed by atoms with E-state index in [2.05, 4.69) is 20.1 Å². The van der Waals surface area contributed by atoms with Crippen molar-refractivity contribution < 1.29 is 9.53 Å². The number of hydrogen-bond acceptors (Lipinski definition) is 4. The number of nitrogens with zero attached hydrogens (tertiary/aromatic N) is 3. The fourth-order valence-electron chi connectivity index (χ4n) is 3.07. The molecule has 1 N–H and O–H groups in total. The van der Waals surface area contributed by atoms with Crippen LogP contribution in [0.2, 0.25) is 0 Å². The Morgan fingerprint density at radius 2 is 2.00 bits per heavy atom. The molecule has 6 heteroatoms. The van der Waals surface area contributed by atoms with Crippen LogP contribution >= 0.6 is 0 Å². The van der Waals surface area contributed by atoms with E-state index in [9.17, 15) is 4.79 Å². The molecule has 1 aliphatic rings. The monoisotopic (exact) mass is 328 g/mol. The summed E-state index contributed by atoms with van der Waals surface area (Å²) < 4.78 is 7.82. The zero-order valence-corrected chi connectivity index (χ0v) is 14.3. The van der Waals surface area contributed by atoms with Gasteiger partial charge in [0.05, 0.1) is 6.54 Å². The van der Waals surface area contributed by atoms with Gasteiger partial charge in [0.2, 0.25) is 0 Å². The van der Waals surface area contributed by atoms with Crippen molar-refractivity contribution in [1.82, 2.24) is 20.1 Å². The van der Waals surface area contributed by atoms with Gasteiger partial charge in [-0.3, -0.25) is 4.79 Å². The minimum absolute atomic E-state index is 0.00663. The molecular formula is C18H24N4O2. The molecule has 0 spiro atoms. The van der Waals surface area contributed by atoms with Gasteiger partial charge >= 0.3 is 0 Å². The molecule has 6 nitrogen and oxygen atoms in total. The largest absolute Gasteiger partial charge is 0.483 e. The summed E-state index contributed by atoms with van der Waals surface area (Å²) in [5, 5.41) is 11.3. The molecule has 0 saturated carbocycles. The maximum Gasteiger partial charge on any atom is 0.258 e. The van der Waals surface area contributed by atoms with Crippen LogP contribution in [0.4, 0.5) is 0 Å². The molecule has 0 bridgehead atoms. The van der Waals surface area contributed by atoms with Crippen LogP contribution < -0.4 is 10.1 Å². The smallest absolute Gasteiger partial charge is 0.258 e. The fourth-order valence-corrected chi connectivity index (χ4v) is 3.07. The normalized spacial score (nSPS) is 13.9. The van der Waals surface area contributed by atoms with Crippen molar-refractivity contribution in [2.24, 2.45) is 0 Å². The molecule has 0 atom stereocenters. The first-order valence-electron chi connectivity index (χ1n) is 8.52. The van der Waals surface area contributed by atoms with Crippen LogP contribution in [0.3, 0.4) is 0 Å². The predicted octanol–water partition coefficient (Wildman–Crippen LogP) is 2.32. The van der Waals surface area contributed by atoms with E-state index in [1.807, 2.05) is 32.0 Å². The van der Waals surface area contributed by atoms with Crippen LogP contribution in [0.5, 0.6) is 5.75 Å². The number of carbonyl (C=O) groups excluding carboxylic acids is 1. The van der Waals surface area contributed by atoms with Gasteiger partial charge in [-0.1, -0.05) is 24.6 Å². The molecule has 0 aliphatic carbocycles. The highest BCUT2D eigenvalue weighted by molar-refractivity contribution is 5.77. The van der Waals surface area contributed by atoms with Crippen LogP contribution in [0.15, 0.2) is 18.2 Å². The Kier molecular flexibility index (Phi) is 5.13. The van der Waals surface area contributed by atoms with Gasteiger partial charge in [-0.25, -0.2) is 0 Å². The number of fused-ring (bicyclic) bond motifs is 1. The van der Waals surface area contributed by atoms with Crippen molar-refractivity contribution in [3.63, 3.8) is 0 Å². The number of benzene rings is 1. The van der Waals surface area contributed by atoms with Crippen molar-refractivity contribution in [1.29, 1.82) is 0 Å². The molecule has 0 unspecified atom stereocenters. The molecule has 1 aliphatic heterocycles. The second kappa shape index (κ2) is 7.47. The summed E-state index contributed by atoms with van der Waals surface area (Å²) in [5.41, 5.74) is 2.07. The Hall–Kier alpha value is -2.37. The molecule has 1 aromatic carbocycles. The van der Waals surface area contributed by atoms with Crippen molar-refractivity contribution >= 4 is 5.91 Å². The maximum atomic E-state index is 12.1. The van der Waals surface area contributed by atoms with Crippen LogP contribution in [0.25, 0.3) is 0 Å². The van der Waals surface area contributed by atoms with E-state index in [1.54, 1.807) is 0 Å². The van der Waals surface area contributed by atoms with E-state index >= 15 is 0 Å². The SMILES string of the molecule is Cc1cccc(C)c1OCC(=O)NCc1nnc2n1CCCCC2. The maximum absolute atomic E-state index is 12.1. The van der Waals surface area contributed by atoms with Gasteiger partial charge < -0.3 is 14.6 Å². The number of nitrogens with one attached hydrogen (secondary N) is 1. The highest BCUT2D eigenvalue weighted by atomic mass is 16.5. The second-order valence-corrected chi connectivity index (χ2v) is 6.28. The lowest BCUT2D eigenvalue weighted by molar-refractivity contribution is -0.123. The average Bonchev–Trinajstić information content (AvgIpc) is 2.79. The van der Waals surface area contributed by atoms with Gasteiger partial charge in [-0.2, -0.15) is 0 Å².